The standard InChI is InChI=1S/C14H22O3.C4H6O4/c1-12(9-15-3)16-10-13(2)17-11-14-7-5-4-6-8-14;5-3(6)1-2-4(7)8/h4-8,12-13H,9-11H2,1-3H3;1-2H2,(H,5,6)(H,7,8). The highest BCUT2D eigenvalue weighted by molar-refractivity contribution is 5.75. The van der Waals surface area contributed by atoms with E-state index in [0.717, 1.165) is 0 Å². The summed E-state index contributed by atoms with van der Waals surface area (Å²) in [6.07, 6.45) is -0.387. The summed E-state index contributed by atoms with van der Waals surface area (Å²) in [5.41, 5.74) is 1.18. The molecule has 2 atom stereocenters. The number of hydrogen-bond acceptors (Lipinski definition) is 5. The van der Waals surface area contributed by atoms with Gasteiger partial charge in [0, 0.05) is 7.11 Å². The zero-order chi connectivity index (χ0) is 19.1. The monoisotopic (exact) mass is 356 g/mol. The molecular weight excluding hydrogens is 328 g/mol. The van der Waals surface area contributed by atoms with E-state index in [1.165, 1.54) is 5.56 Å². The van der Waals surface area contributed by atoms with Gasteiger partial charge in [0.05, 0.1) is 44.9 Å². The molecule has 0 aliphatic carbocycles. The minimum atomic E-state index is -1.08. The van der Waals surface area contributed by atoms with Gasteiger partial charge in [-0.2, -0.15) is 0 Å². The predicted molar refractivity (Wildman–Crippen MR) is 92.5 cm³/mol. The maximum atomic E-state index is 9.64. The molecule has 0 saturated carbocycles. The number of ether oxygens (including phenoxy) is 3. The smallest absolute Gasteiger partial charge is 0.303 e. The normalized spacial score (nSPS) is 12.6. The molecule has 1 aromatic carbocycles. The van der Waals surface area contributed by atoms with Crippen LogP contribution in [-0.4, -0.2) is 54.7 Å². The highest BCUT2D eigenvalue weighted by atomic mass is 16.6. The molecule has 0 heterocycles. The second-order valence-electron chi connectivity index (χ2n) is 5.49. The number of hydrogen-bond donors (Lipinski definition) is 2. The van der Waals surface area contributed by atoms with Gasteiger partial charge in [0.25, 0.3) is 0 Å². The Morgan fingerprint density at radius 2 is 1.44 bits per heavy atom. The number of benzene rings is 1. The summed E-state index contributed by atoms with van der Waals surface area (Å²) in [5, 5.41) is 15.8. The molecule has 0 fully saturated rings. The summed E-state index contributed by atoms with van der Waals surface area (Å²) in [4.78, 5) is 19.3. The van der Waals surface area contributed by atoms with Crippen LogP contribution in [0.4, 0.5) is 0 Å². The minimum absolute atomic E-state index is 0.0921. The summed E-state index contributed by atoms with van der Waals surface area (Å²) in [7, 11) is 1.68. The molecule has 0 aromatic heterocycles. The maximum Gasteiger partial charge on any atom is 0.303 e. The first-order chi connectivity index (χ1) is 11.8. The van der Waals surface area contributed by atoms with Gasteiger partial charge in [0.15, 0.2) is 0 Å². The average Bonchev–Trinajstić information content (AvgIpc) is 2.58. The lowest BCUT2D eigenvalue weighted by Crippen LogP contribution is -2.22. The Morgan fingerprint density at radius 1 is 0.920 bits per heavy atom. The molecule has 0 aliphatic heterocycles. The number of carbonyl (C=O) groups is 2. The van der Waals surface area contributed by atoms with E-state index in [1.807, 2.05) is 32.0 Å². The molecule has 0 bridgehead atoms. The first-order valence-corrected chi connectivity index (χ1v) is 8.04. The Bertz CT molecular complexity index is 462. The first-order valence-electron chi connectivity index (χ1n) is 8.04. The summed E-state index contributed by atoms with van der Waals surface area (Å²) in [6, 6.07) is 10.1. The molecular formula is C18H28O7. The fourth-order valence-corrected chi connectivity index (χ4v) is 1.66. The van der Waals surface area contributed by atoms with Gasteiger partial charge in [-0.25, -0.2) is 0 Å². The van der Waals surface area contributed by atoms with E-state index in [0.29, 0.717) is 19.8 Å². The van der Waals surface area contributed by atoms with E-state index in [9.17, 15) is 9.59 Å². The van der Waals surface area contributed by atoms with E-state index < -0.39 is 11.9 Å². The Labute approximate surface area is 148 Å². The van der Waals surface area contributed by atoms with Crippen LogP contribution in [0.5, 0.6) is 0 Å². The van der Waals surface area contributed by atoms with Crippen molar-refractivity contribution in [3.05, 3.63) is 35.9 Å². The zero-order valence-electron chi connectivity index (χ0n) is 15.0. The third-order valence-electron chi connectivity index (χ3n) is 2.95. The van der Waals surface area contributed by atoms with Crippen LogP contribution >= 0.6 is 0 Å². The molecule has 25 heavy (non-hydrogen) atoms. The van der Waals surface area contributed by atoms with Crippen molar-refractivity contribution in [1.82, 2.24) is 0 Å². The van der Waals surface area contributed by atoms with Crippen LogP contribution in [0, 0.1) is 0 Å². The molecule has 7 heteroatoms. The predicted octanol–water partition coefficient (Wildman–Crippen LogP) is 2.58. The Balaban J connectivity index is 0.000000609. The van der Waals surface area contributed by atoms with Crippen molar-refractivity contribution in [2.24, 2.45) is 0 Å². The summed E-state index contributed by atoms with van der Waals surface area (Å²) in [5.74, 6) is -2.15. The summed E-state index contributed by atoms with van der Waals surface area (Å²) in [6.45, 7) is 5.85. The van der Waals surface area contributed by atoms with Crippen LogP contribution in [0.1, 0.15) is 32.3 Å². The molecule has 7 nitrogen and oxygen atoms in total. The molecule has 0 aliphatic rings. The fraction of sp³-hybridized carbons (Fsp3) is 0.556. The van der Waals surface area contributed by atoms with Crippen molar-refractivity contribution in [2.75, 3.05) is 20.3 Å². The van der Waals surface area contributed by atoms with E-state index in [4.69, 9.17) is 24.4 Å². The Hall–Kier alpha value is -1.96. The van der Waals surface area contributed by atoms with E-state index in [1.54, 1.807) is 7.11 Å². The van der Waals surface area contributed by atoms with Gasteiger partial charge in [-0.1, -0.05) is 30.3 Å². The second-order valence-corrected chi connectivity index (χ2v) is 5.49. The molecule has 0 amide bonds. The SMILES string of the molecule is COCC(C)OCC(C)OCc1ccccc1.O=C(O)CCC(=O)O. The number of carboxylic acids is 2. The highest BCUT2D eigenvalue weighted by Crippen LogP contribution is 2.04. The highest BCUT2D eigenvalue weighted by Gasteiger charge is 2.06. The van der Waals surface area contributed by atoms with Gasteiger partial charge in [0.2, 0.25) is 0 Å². The van der Waals surface area contributed by atoms with E-state index in [2.05, 4.69) is 12.1 Å². The van der Waals surface area contributed by atoms with Crippen LogP contribution < -0.4 is 0 Å². The molecule has 0 saturated heterocycles. The summed E-state index contributed by atoms with van der Waals surface area (Å²) >= 11 is 0. The first kappa shape index (κ1) is 23.0. The van der Waals surface area contributed by atoms with E-state index in [-0.39, 0.29) is 25.0 Å². The quantitative estimate of drug-likeness (QED) is 0.628. The third kappa shape index (κ3) is 15.3. The zero-order valence-corrected chi connectivity index (χ0v) is 15.0. The van der Waals surface area contributed by atoms with Gasteiger partial charge in [0.1, 0.15) is 0 Å². The van der Waals surface area contributed by atoms with Crippen LogP contribution in [0.3, 0.4) is 0 Å². The molecule has 1 rings (SSSR count). The van der Waals surface area contributed by atoms with Crippen molar-refractivity contribution >= 4 is 11.9 Å². The van der Waals surface area contributed by atoms with Crippen molar-refractivity contribution in [2.45, 2.75) is 45.5 Å². The fourth-order valence-electron chi connectivity index (χ4n) is 1.66. The number of rotatable bonds is 11. The number of carboxylic acid groups (broad SMARTS) is 2. The van der Waals surface area contributed by atoms with Crippen molar-refractivity contribution in [3.63, 3.8) is 0 Å². The van der Waals surface area contributed by atoms with E-state index >= 15 is 0 Å². The molecule has 2 N–H and O–H groups in total. The lowest BCUT2D eigenvalue weighted by atomic mass is 10.2. The third-order valence-corrected chi connectivity index (χ3v) is 2.95. The van der Waals surface area contributed by atoms with Crippen molar-refractivity contribution < 1.29 is 34.0 Å². The Kier molecular flexibility index (Phi) is 13.3. The van der Waals surface area contributed by atoms with Crippen LogP contribution in [0.2, 0.25) is 0 Å². The van der Waals surface area contributed by atoms with Gasteiger partial charge in [-0.3, -0.25) is 9.59 Å². The molecule has 0 spiro atoms. The van der Waals surface area contributed by atoms with Crippen LogP contribution in [-0.2, 0) is 30.4 Å². The van der Waals surface area contributed by atoms with Gasteiger partial charge < -0.3 is 24.4 Å². The summed E-state index contributed by atoms with van der Waals surface area (Å²) < 4.78 is 16.3. The second kappa shape index (κ2) is 14.4. The van der Waals surface area contributed by atoms with Crippen molar-refractivity contribution in [3.8, 4) is 0 Å². The number of methoxy groups -OCH3 is 1. The average molecular weight is 356 g/mol. The van der Waals surface area contributed by atoms with Gasteiger partial charge in [-0.15, -0.1) is 0 Å². The molecule has 2 unspecified atom stereocenters. The topological polar surface area (TPSA) is 102 Å². The molecule has 142 valence electrons. The minimum Gasteiger partial charge on any atom is -0.481 e. The number of aliphatic carboxylic acids is 2. The van der Waals surface area contributed by atoms with Crippen molar-refractivity contribution in [1.29, 1.82) is 0 Å². The lowest BCUT2D eigenvalue weighted by Gasteiger charge is -2.17. The molecule has 1 aromatic rings. The maximum absolute atomic E-state index is 9.64. The molecule has 0 radical (unpaired) electrons. The largest absolute Gasteiger partial charge is 0.481 e. The van der Waals surface area contributed by atoms with Crippen LogP contribution in [0.15, 0.2) is 30.3 Å². The Morgan fingerprint density at radius 3 is 1.92 bits per heavy atom. The van der Waals surface area contributed by atoms with Crippen LogP contribution in [0.25, 0.3) is 0 Å². The lowest BCUT2D eigenvalue weighted by molar-refractivity contribution is -0.143. The van der Waals surface area contributed by atoms with Gasteiger partial charge in [-0.05, 0) is 19.4 Å². The van der Waals surface area contributed by atoms with Gasteiger partial charge >= 0.3 is 11.9 Å².